The zero-order valence-corrected chi connectivity index (χ0v) is 16.5. The minimum Gasteiger partial charge on any atom is -0.484 e. The fraction of sp³-hybridized carbons (Fsp3) is 0.263. The number of hydrogen-bond acceptors (Lipinski definition) is 5. The molecule has 0 unspecified atom stereocenters. The molecule has 1 saturated carbocycles. The molecule has 5 nitrogen and oxygen atoms in total. The number of hydrogen-bond donors (Lipinski definition) is 1. The van der Waals surface area contributed by atoms with Crippen LogP contribution in [0.5, 0.6) is 5.75 Å². The van der Waals surface area contributed by atoms with E-state index in [2.05, 4.69) is 10.3 Å². The Balaban J connectivity index is 1.31. The maximum Gasteiger partial charge on any atom is 0.287 e. The van der Waals surface area contributed by atoms with Crippen molar-refractivity contribution < 1.29 is 13.9 Å². The monoisotopic (exact) mass is 422 g/mol. The Morgan fingerprint density at radius 1 is 1.30 bits per heavy atom. The Morgan fingerprint density at radius 3 is 2.96 bits per heavy atom. The molecule has 2 heterocycles. The van der Waals surface area contributed by atoms with Gasteiger partial charge in [-0.2, -0.15) is 0 Å². The molecule has 1 aliphatic rings. The summed E-state index contributed by atoms with van der Waals surface area (Å²) in [6.07, 6.45) is 2.44. The van der Waals surface area contributed by atoms with Crippen molar-refractivity contribution in [3.05, 3.63) is 68.0 Å². The number of halogens is 2. The van der Waals surface area contributed by atoms with Gasteiger partial charge in [-0.25, -0.2) is 4.98 Å². The van der Waals surface area contributed by atoms with Crippen LogP contribution in [0.3, 0.4) is 0 Å². The molecule has 8 heteroatoms. The zero-order valence-electron chi connectivity index (χ0n) is 14.2. The molecule has 3 aromatic rings. The number of benzene rings is 1. The summed E-state index contributed by atoms with van der Waals surface area (Å²) >= 11 is 13.7. The van der Waals surface area contributed by atoms with Crippen molar-refractivity contribution in [1.82, 2.24) is 10.3 Å². The van der Waals surface area contributed by atoms with Gasteiger partial charge in [0.1, 0.15) is 23.1 Å². The normalized spacial score (nSPS) is 13.6. The van der Waals surface area contributed by atoms with Crippen molar-refractivity contribution in [2.75, 3.05) is 0 Å². The quantitative estimate of drug-likeness (QED) is 0.551. The molecule has 27 heavy (non-hydrogen) atoms. The molecule has 0 spiro atoms. The lowest BCUT2D eigenvalue weighted by molar-refractivity contribution is 0.0918. The first-order valence-corrected chi connectivity index (χ1v) is 10.1. The summed E-state index contributed by atoms with van der Waals surface area (Å²) in [4.78, 5) is 16.8. The highest BCUT2D eigenvalue weighted by Crippen LogP contribution is 2.41. The summed E-state index contributed by atoms with van der Waals surface area (Å²) in [5.74, 6) is 1.54. The van der Waals surface area contributed by atoms with Crippen molar-refractivity contribution in [3.63, 3.8) is 0 Å². The van der Waals surface area contributed by atoms with Crippen LogP contribution in [0.1, 0.15) is 45.8 Å². The Labute approximate surface area is 170 Å². The summed E-state index contributed by atoms with van der Waals surface area (Å²) in [6.45, 7) is 0.525. The molecule has 1 aliphatic carbocycles. The van der Waals surface area contributed by atoms with E-state index in [1.165, 1.54) is 12.8 Å². The number of carbonyl (C=O) groups excluding carboxylic acids is 1. The van der Waals surface area contributed by atoms with Gasteiger partial charge in [-0.1, -0.05) is 29.3 Å². The maximum absolute atomic E-state index is 12.2. The minimum atomic E-state index is -0.289. The smallest absolute Gasteiger partial charge is 0.287 e. The van der Waals surface area contributed by atoms with E-state index in [0.717, 1.165) is 10.7 Å². The van der Waals surface area contributed by atoms with Crippen LogP contribution in [-0.2, 0) is 13.2 Å². The van der Waals surface area contributed by atoms with Gasteiger partial charge in [0.15, 0.2) is 5.76 Å². The van der Waals surface area contributed by atoms with Crippen LogP contribution in [0.4, 0.5) is 0 Å². The second-order valence-electron chi connectivity index (χ2n) is 6.24. The van der Waals surface area contributed by atoms with Crippen molar-refractivity contribution in [2.24, 2.45) is 0 Å². The van der Waals surface area contributed by atoms with Crippen LogP contribution in [0.2, 0.25) is 10.0 Å². The predicted molar refractivity (Wildman–Crippen MR) is 105 cm³/mol. The van der Waals surface area contributed by atoms with E-state index in [1.54, 1.807) is 41.7 Å². The molecule has 0 aliphatic heterocycles. The molecule has 1 fully saturated rings. The van der Waals surface area contributed by atoms with Crippen molar-refractivity contribution in [2.45, 2.75) is 31.9 Å². The fourth-order valence-electron chi connectivity index (χ4n) is 2.50. The van der Waals surface area contributed by atoms with Gasteiger partial charge in [-0.3, -0.25) is 4.79 Å². The molecule has 4 rings (SSSR count). The molecule has 0 atom stereocenters. The number of ether oxygens (including phenoxy) is 1. The number of aromatic nitrogens is 1. The predicted octanol–water partition coefficient (Wildman–Crippen LogP) is 5.43. The number of furan rings is 1. The van der Waals surface area contributed by atoms with E-state index in [4.69, 9.17) is 32.4 Å². The molecule has 0 radical (unpaired) electrons. The van der Waals surface area contributed by atoms with E-state index in [-0.39, 0.29) is 18.3 Å². The number of rotatable bonds is 7. The summed E-state index contributed by atoms with van der Waals surface area (Å²) in [7, 11) is 0. The molecule has 1 N–H and O–H groups in total. The highest BCUT2D eigenvalue weighted by Gasteiger charge is 2.26. The first-order chi connectivity index (χ1) is 13.1. The topological polar surface area (TPSA) is 64.4 Å². The standard InChI is InChI=1S/C19H16Cl2N2O3S/c20-14-2-1-3-15(17(14)21)25-9-13-6-7-16(26-13)18(24)22-8-12-10-27-19(23-12)11-4-5-11/h1-3,6-7,10-11H,4-5,8-9H2,(H,22,24). The van der Waals surface area contributed by atoms with Gasteiger partial charge in [0, 0.05) is 11.3 Å². The second kappa shape index (κ2) is 7.92. The van der Waals surface area contributed by atoms with E-state index in [9.17, 15) is 4.79 Å². The third-order valence-corrected chi connectivity index (χ3v) is 5.96. The van der Waals surface area contributed by atoms with Crippen LogP contribution in [0.25, 0.3) is 0 Å². The highest BCUT2D eigenvalue weighted by atomic mass is 35.5. The highest BCUT2D eigenvalue weighted by molar-refractivity contribution is 7.09. The first kappa shape index (κ1) is 18.3. The first-order valence-electron chi connectivity index (χ1n) is 8.48. The lowest BCUT2D eigenvalue weighted by Gasteiger charge is -2.07. The Hall–Kier alpha value is -2.02. The second-order valence-corrected chi connectivity index (χ2v) is 7.92. The van der Waals surface area contributed by atoms with E-state index in [1.807, 2.05) is 5.38 Å². The lowest BCUT2D eigenvalue weighted by atomic mass is 10.3. The number of thiazole rings is 1. The van der Waals surface area contributed by atoms with E-state index >= 15 is 0 Å². The van der Waals surface area contributed by atoms with Gasteiger partial charge < -0.3 is 14.5 Å². The van der Waals surface area contributed by atoms with Gasteiger partial charge in [-0.05, 0) is 37.1 Å². The maximum atomic E-state index is 12.2. The third-order valence-electron chi connectivity index (χ3n) is 4.10. The van der Waals surface area contributed by atoms with Gasteiger partial charge in [-0.15, -0.1) is 11.3 Å². The molecule has 0 saturated heterocycles. The molecule has 140 valence electrons. The summed E-state index contributed by atoms with van der Waals surface area (Å²) < 4.78 is 11.2. The average molecular weight is 423 g/mol. The Kier molecular flexibility index (Phi) is 5.38. The SMILES string of the molecule is O=C(NCc1csc(C2CC2)n1)c1ccc(COc2cccc(Cl)c2Cl)o1. The van der Waals surface area contributed by atoms with Gasteiger partial charge in [0.05, 0.1) is 22.3 Å². The summed E-state index contributed by atoms with van der Waals surface area (Å²) in [5.41, 5.74) is 0.876. The van der Waals surface area contributed by atoms with Crippen LogP contribution < -0.4 is 10.1 Å². The molecule has 2 aromatic heterocycles. The largest absolute Gasteiger partial charge is 0.484 e. The van der Waals surface area contributed by atoms with Crippen molar-refractivity contribution in [1.29, 1.82) is 0 Å². The number of nitrogens with one attached hydrogen (secondary N) is 1. The minimum absolute atomic E-state index is 0.143. The third kappa shape index (κ3) is 4.46. The molecular weight excluding hydrogens is 407 g/mol. The molecule has 1 amide bonds. The van der Waals surface area contributed by atoms with Crippen LogP contribution in [0, 0.1) is 0 Å². The number of nitrogens with zero attached hydrogens (tertiary/aromatic N) is 1. The molecule has 1 aromatic carbocycles. The zero-order chi connectivity index (χ0) is 18.8. The van der Waals surface area contributed by atoms with Crippen molar-refractivity contribution in [3.8, 4) is 5.75 Å². The van der Waals surface area contributed by atoms with Crippen LogP contribution in [0.15, 0.2) is 40.1 Å². The van der Waals surface area contributed by atoms with E-state index in [0.29, 0.717) is 34.0 Å². The Morgan fingerprint density at radius 2 is 2.15 bits per heavy atom. The van der Waals surface area contributed by atoms with Crippen LogP contribution >= 0.6 is 34.5 Å². The van der Waals surface area contributed by atoms with Crippen molar-refractivity contribution >= 4 is 40.4 Å². The Bertz CT molecular complexity index is 966. The van der Waals surface area contributed by atoms with Gasteiger partial charge >= 0.3 is 0 Å². The van der Waals surface area contributed by atoms with E-state index < -0.39 is 0 Å². The fourth-order valence-corrected chi connectivity index (χ4v) is 3.84. The molecular formula is C19H16Cl2N2O3S. The number of carbonyl (C=O) groups is 1. The summed E-state index contributed by atoms with van der Waals surface area (Å²) in [6, 6.07) is 8.46. The average Bonchev–Trinajstić information content (AvgIpc) is 3.22. The van der Waals surface area contributed by atoms with Gasteiger partial charge in [0.25, 0.3) is 5.91 Å². The van der Waals surface area contributed by atoms with Crippen LogP contribution in [-0.4, -0.2) is 10.9 Å². The summed E-state index contributed by atoms with van der Waals surface area (Å²) in [5, 5.41) is 6.74. The number of amides is 1. The van der Waals surface area contributed by atoms with Gasteiger partial charge in [0.2, 0.25) is 0 Å². The lowest BCUT2D eigenvalue weighted by Crippen LogP contribution is -2.22. The molecule has 0 bridgehead atoms.